The fourth-order valence-electron chi connectivity index (χ4n) is 3.09. The molecule has 1 fully saturated rings. The summed E-state index contributed by atoms with van der Waals surface area (Å²) in [7, 11) is 1.65. The maximum absolute atomic E-state index is 12.9. The van der Waals surface area contributed by atoms with Gasteiger partial charge >= 0.3 is 0 Å². The van der Waals surface area contributed by atoms with Crippen molar-refractivity contribution in [2.24, 2.45) is 0 Å². The Hall–Kier alpha value is -2.56. The van der Waals surface area contributed by atoms with Crippen molar-refractivity contribution < 1.29 is 9.53 Å². The number of piperazine rings is 1. The maximum Gasteiger partial charge on any atom is 0.254 e. The third-order valence-electron chi connectivity index (χ3n) is 4.51. The summed E-state index contributed by atoms with van der Waals surface area (Å²) in [6, 6.07) is 9.78. The number of carbonyl (C=O) groups is 1. The van der Waals surface area contributed by atoms with Crippen LogP contribution in [0.4, 0.5) is 5.82 Å². The first-order valence-corrected chi connectivity index (χ1v) is 8.20. The molecule has 0 atom stereocenters. The van der Waals surface area contributed by atoms with E-state index in [0.717, 1.165) is 41.3 Å². The van der Waals surface area contributed by atoms with Gasteiger partial charge in [-0.15, -0.1) is 0 Å². The van der Waals surface area contributed by atoms with E-state index < -0.39 is 0 Å². The zero-order valence-corrected chi connectivity index (χ0v) is 14.5. The molecule has 0 N–H and O–H groups in total. The van der Waals surface area contributed by atoms with Crippen molar-refractivity contribution in [3.8, 4) is 5.75 Å². The van der Waals surface area contributed by atoms with Crippen LogP contribution in [0.15, 0.2) is 36.5 Å². The van der Waals surface area contributed by atoms with Crippen LogP contribution in [0.3, 0.4) is 0 Å². The molecule has 1 amide bonds. The molecule has 1 aliphatic rings. The predicted octanol–water partition coefficient (Wildman–Crippen LogP) is 2.67. The van der Waals surface area contributed by atoms with Crippen LogP contribution >= 0.6 is 0 Å². The van der Waals surface area contributed by atoms with Crippen LogP contribution in [0.25, 0.3) is 0 Å². The van der Waals surface area contributed by atoms with Crippen molar-refractivity contribution in [1.82, 2.24) is 9.88 Å². The minimum atomic E-state index is 0.0962. The summed E-state index contributed by atoms with van der Waals surface area (Å²) < 4.78 is 5.33. The number of pyridine rings is 1. The molecule has 0 saturated carbocycles. The number of hydrogen-bond acceptors (Lipinski definition) is 4. The molecule has 1 aromatic heterocycles. The highest BCUT2D eigenvalue weighted by Crippen LogP contribution is 2.24. The summed E-state index contributed by atoms with van der Waals surface area (Å²) in [5.74, 6) is 1.89. The van der Waals surface area contributed by atoms with Crippen molar-refractivity contribution >= 4 is 11.7 Å². The first-order chi connectivity index (χ1) is 11.6. The Balaban J connectivity index is 1.71. The SMILES string of the molecule is COc1cc(C)c(C(=O)N2CCN(c3ccccn3)CC2)cc1C. The molecule has 1 aliphatic heterocycles. The van der Waals surface area contributed by atoms with Gasteiger partial charge in [0, 0.05) is 37.9 Å². The Morgan fingerprint density at radius 1 is 1.08 bits per heavy atom. The van der Waals surface area contributed by atoms with Crippen LogP contribution in [0.5, 0.6) is 5.75 Å². The quantitative estimate of drug-likeness (QED) is 0.870. The Labute approximate surface area is 142 Å². The zero-order valence-electron chi connectivity index (χ0n) is 14.5. The lowest BCUT2D eigenvalue weighted by molar-refractivity contribution is 0.0745. The minimum absolute atomic E-state index is 0.0962. The molecule has 2 aromatic rings. The summed E-state index contributed by atoms with van der Waals surface area (Å²) in [5.41, 5.74) is 2.70. The second kappa shape index (κ2) is 6.91. The first kappa shape index (κ1) is 16.3. The topological polar surface area (TPSA) is 45.7 Å². The smallest absolute Gasteiger partial charge is 0.254 e. The first-order valence-electron chi connectivity index (χ1n) is 8.20. The minimum Gasteiger partial charge on any atom is -0.496 e. The van der Waals surface area contributed by atoms with Crippen LogP contribution in [0.2, 0.25) is 0 Å². The van der Waals surface area contributed by atoms with Gasteiger partial charge in [0.15, 0.2) is 0 Å². The number of nitrogens with zero attached hydrogens (tertiary/aromatic N) is 3. The number of aryl methyl sites for hydroxylation is 2. The lowest BCUT2D eigenvalue weighted by atomic mass is 10.0. The fraction of sp³-hybridized carbons (Fsp3) is 0.368. The summed E-state index contributed by atoms with van der Waals surface area (Å²) in [4.78, 5) is 21.4. The van der Waals surface area contributed by atoms with Gasteiger partial charge in [0.25, 0.3) is 5.91 Å². The van der Waals surface area contributed by atoms with Crippen molar-refractivity contribution in [1.29, 1.82) is 0 Å². The van der Waals surface area contributed by atoms with E-state index in [-0.39, 0.29) is 5.91 Å². The van der Waals surface area contributed by atoms with Gasteiger partial charge in [-0.3, -0.25) is 4.79 Å². The molecule has 2 heterocycles. The molecule has 1 aromatic carbocycles. The summed E-state index contributed by atoms with van der Waals surface area (Å²) in [5, 5.41) is 0. The second-order valence-electron chi connectivity index (χ2n) is 6.10. The van der Waals surface area contributed by atoms with E-state index in [0.29, 0.717) is 13.1 Å². The van der Waals surface area contributed by atoms with Gasteiger partial charge in [-0.1, -0.05) is 6.07 Å². The monoisotopic (exact) mass is 325 g/mol. The van der Waals surface area contributed by atoms with E-state index in [2.05, 4.69) is 9.88 Å². The highest BCUT2D eigenvalue weighted by atomic mass is 16.5. The van der Waals surface area contributed by atoms with Crippen LogP contribution in [0, 0.1) is 13.8 Å². The standard InChI is InChI=1S/C19H23N3O2/c1-14-13-17(24-3)15(2)12-16(14)19(23)22-10-8-21(9-11-22)18-6-4-5-7-20-18/h4-7,12-13H,8-11H2,1-3H3. The Kier molecular flexibility index (Phi) is 4.69. The van der Waals surface area contributed by atoms with Gasteiger partial charge in [0.05, 0.1) is 7.11 Å². The van der Waals surface area contributed by atoms with Crippen LogP contribution < -0.4 is 9.64 Å². The number of rotatable bonds is 3. The highest BCUT2D eigenvalue weighted by molar-refractivity contribution is 5.96. The van der Waals surface area contributed by atoms with Gasteiger partial charge in [-0.25, -0.2) is 4.98 Å². The van der Waals surface area contributed by atoms with E-state index in [4.69, 9.17) is 4.74 Å². The third-order valence-corrected chi connectivity index (χ3v) is 4.51. The Morgan fingerprint density at radius 3 is 2.46 bits per heavy atom. The number of anilines is 1. The normalized spacial score (nSPS) is 14.6. The van der Waals surface area contributed by atoms with Crippen molar-refractivity contribution in [2.45, 2.75) is 13.8 Å². The van der Waals surface area contributed by atoms with E-state index in [9.17, 15) is 4.79 Å². The maximum atomic E-state index is 12.9. The van der Waals surface area contributed by atoms with Gasteiger partial charge < -0.3 is 14.5 Å². The molecule has 0 spiro atoms. The van der Waals surface area contributed by atoms with Crippen LogP contribution in [-0.2, 0) is 0 Å². The van der Waals surface area contributed by atoms with Crippen molar-refractivity contribution in [3.63, 3.8) is 0 Å². The molecular formula is C19H23N3O2. The van der Waals surface area contributed by atoms with Gasteiger partial charge in [0.2, 0.25) is 0 Å². The number of benzene rings is 1. The number of methoxy groups -OCH3 is 1. The molecule has 5 nitrogen and oxygen atoms in total. The average Bonchev–Trinajstić information content (AvgIpc) is 2.63. The number of aromatic nitrogens is 1. The predicted molar refractivity (Wildman–Crippen MR) is 94.8 cm³/mol. The van der Waals surface area contributed by atoms with E-state index in [1.165, 1.54) is 0 Å². The van der Waals surface area contributed by atoms with Crippen LogP contribution in [-0.4, -0.2) is 49.1 Å². The van der Waals surface area contributed by atoms with E-state index >= 15 is 0 Å². The highest BCUT2D eigenvalue weighted by Gasteiger charge is 2.24. The lowest BCUT2D eigenvalue weighted by Crippen LogP contribution is -2.49. The number of hydrogen-bond donors (Lipinski definition) is 0. The molecule has 3 rings (SSSR count). The van der Waals surface area contributed by atoms with Crippen molar-refractivity contribution in [2.75, 3.05) is 38.2 Å². The summed E-state index contributed by atoms with van der Waals surface area (Å²) in [6.45, 7) is 6.95. The van der Waals surface area contributed by atoms with Crippen molar-refractivity contribution in [3.05, 3.63) is 53.2 Å². The third kappa shape index (κ3) is 3.20. The zero-order chi connectivity index (χ0) is 17.1. The molecule has 0 radical (unpaired) electrons. The van der Waals surface area contributed by atoms with E-state index in [1.807, 2.05) is 49.1 Å². The lowest BCUT2D eigenvalue weighted by Gasteiger charge is -2.35. The number of carbonyl (C=O) groups excluding carboxylic acids is 1. The summed E-state index contributed by atoms with van der Waals surface area (Å²) >= 11 is 0. The van der Waals surface area contributed by atoms with E-state index in [1.54, 1.807) is 13.3 Å². The molecule has 0 bridgehead atoms. The van der Waals surface area contributed by atoms with Gasteiger partial charge in [0.1, 0.15) is 11.6 Å². The Morgan fingerprint density at radius 2 is 1.83 bits per heavy atom. The molecule has 0 unspecified atom stereocenters. The fourth-order valence-corrected chi connectivity index (χ4v) is 3.09. The number of amides is 1. The molecular weight excluding hydrogens is 302 g/mol. The average molecular weight is 325 g/mol. The largest absolute Gasteiger partial charge is 0.496 e. The molecule has 126 valence electrons. The molecule has 5 heteroatoms. The summed E-state index contributed by atoms with van der Waals surface area (Å²) in [6.07, 6.45) is 1.80. The second-order valence-corrected chi connectivity index (χ2v) is 6.10. The molecule has 1 saturated heterocycles. The molecule has 24 heavy (non-hydrogen) atoms. The number of ether oxygens (including phenoxy) is 1. The Bertz CT molecular complexity index is 723. The van der Waals surface area contributed by atoms with Crippen LogP contribution in [0.1, 0.15) is 21.5 Å². The van der Waals surface area contributed by atoms with Gasteiger partial charge in [-0.2, -0.15) is 0 Å². The molecule has 0 aliphatic carbocycles. The van der Waals surface area contributed by atoms with Gasteiger partial charge in [-0.05, 0) is 49.2 Å².